The van der Waals surface area contributed by atoms with Crippen LogP contribution in [0.15, 0.2) is 49.2 Å². The molecule has 1 aromatic carbocycles. The Morgan fingerprint density at radius 2 is 2.08 bits per heavy atom. The van der Waals surface area contributed by atoms with Gasteiger partial charge in [0.25, 0.3) is 5.91 Å². The Kier molecular flexibility index (Phi) is 6.33. The second-order valence-corrected chi connectivity index (χ2v) is 5.33. The highest BCUT2D eigenvalue weighted by Gasteiger charge is 2.25. The molecule has 1 N–H and O–H groups in total. The van der Waals surface area contributed by atoms with E-state index in [2.05, 4.69) is 17.0 Å². The molecular formula is C18H21N3O4. The van der Waals surface area contributed by atoms with Crippen molar-refractivity contribution >= 4 is 11.9 Å². The fraction of sp³-hybridized carbons (Fsp3) is 0.278. The maximum Gasteiger partial charge on any atom is 0.328 e. The summed E-state index contributed by atoms with van der Waals surface area (Å²) in [6, 6.07) is 8.57. The van der Waals surface area contributed by atoms with Gasteiger partial charge in [0.2, 0.25) is 5.88 Å². The molecule has 25 heavy (non-hydrogen) atoms. The van der Waals surface area contributed by atoms with E-state index < -0.39 is 17.9 Å². The molecule has 2 aromatic rings. The highest BCUT2D eigenvalue weighted by atomic mass is 16.5. The molecule has 0 unspecified atom stereocenters. The lowest BCUT2D eigenvalue weighted by atomic mass is 10.1. The zero-order chi connectivity index (χ0) is 18.2. The van der Waals surface area contributed by atoms with Crippen molar-refractivity contribution < 1.29 is 19.1 Å². The molecule has 7 heteroatoms. The zero-order valence-electron chi connectivity index (χ0n) is 14.3. The first-order valence-corrected chi connectivity index (χ1v) is 7.75. The largest absolute Gasteiger partial charge is 0.473 e. The molecule has 0 aliphatic heterocycles. The summed E-state index contributed by atoms with van der Waals surface area (Å²) < 4.78 is 11.7. The number of rotatable bonds is 8. The molecule has 0 spiro atoms. The van der Waals surface area contributed by atoms with Gasteiger partial charge < -0.3 is 14.8 Å². The van der Waals surface area contributed by atoms with Gasteiger partial charge in [0.05, 0.1) is 13.3 Å². The van der Waals surface area contributed by atoms with Crippen LogP contribution in [-0.4, -0.2) is 41.4 Å². The summed E-state index contributed by atoms with van der Waals surface area (Å²) in [5.74, 6) is -0.672. The second-order valence-electron chi connectivity index (χ2n) is 5.33. The average molecular weight is 343 g/mol. The van der Waals surface area contributed by atoms with E-state index in [4.69, 9.17) is 9.47 Å². The van der Waals surface area contributed by atoms with Crippen LogP contribution in [0.4, 0.5) is 0 Å². The summed E-state index contributed by atoms with van der Waals surface area (Å²) >= 11 is 0. The van der Waals surface area contributed by atoms with Crippen molar-refractivity contribution in [3.8, 4) is 5.88 Å². The molecule has 132 valence electrons. The minimum Gasteiger partial charge on any atom is -0.473 e. The van der Waals surface area contributed by atoms with Gasteiger partial charge in [-0.2, -0.15) is 5.10 Å². The summed E-state index contributed by atoms with van der Waals surface area (Å²) in [5.41, 5.74) is 1.15. The van der Waals surface area contributed by atoms with Crippen molar-refractivity contribution in [2.24, 2.45) is 7.05 Å². The molecule has 0 fully saturated rings. The first kappa shape index (κ1) is 18.3. The maximum absolute atomic E-state index is 12.6. The zero-order valence-corrected chi connectivity index (χ0v) is 14.3. The molecule has 0 radical (unpaired) electrons. The fourth-order valence-electron chi connectivity index (χ4n) is 2.31. The minimum atomic E-state index is -0.813. The molecule has 0 bridgehead atoms. The first-order chi connectivity index (χ1) is 12.1. The number of nitrogens with one attached hydrogen (secondary N) is 1. The molecule has 1 atom stereocenters. The van der Waals surface area contributed by atoms with Gasteiger partial charge in [0.15, 0.2) is 0 Å². The lowest BCUT2D eigenvalue weighted by Gasteiger charge is -2.16. The predicted molar refractivity (Wildman–Crippen MR) is 92.3 cm³/mol. The molecule has 1 heterocycles. The van der Waals surface area contributed by atoms with Crippen molar-refractivity contribution in [1.29, 1.82) is 0 Å². The molecule has 0 aliphatic carbocycles. The number of benzene rings is 1. The summed E-state index contributed by atoms with van der Waals surface area (Å²) in [4.78, 5) is 24.6. The van der Waals surface area contributed by atoms with Crippen molar-refractivity contribution in [2.75, 3.05) is 13.7 Å². The lowest BCUT2D eigenvalue weighted by molar-refractivity contribution is -0.142. The lowest BCUT2D eigenvalue weighted by Crippen LogP contribution is -2.43. The third kappa shape index (κ3) is 4.69. The number of hydrogen-bond donors (Lipinski definition) is 1. The quantitative estimate of drug-likeness (QED) is 0.580. The van der Waals surface area contributed by atoms with Crippen LogP contribution in [0.5, 0.6) is 5.88 Å². The van der Waals surface area contributed by atoms with Crippen molar-refractivity contribution in [1.82, 2.24) is 15.1 Å². The Morgan fingerprint density at radius 1 is 1.36 bits per heavy atom. The van der Waals surface area contributed by atoms with Gasteiger partial charge in [-0.05, 0) is 5.56 Å². The van der Waals surface area contributed by atoms with Gasteiger partial charge in [-0.1, -0.05) is 43.0 Å². The van der Waals surface area contributed by atoms with Crippen LogP contribution in [0.25, 0.3) is 0 Å². The third-order valence-corrected chi connectivity index (χ3v) is 3.54. The molecule has 2 rings (SSSR count). The van der Waals surface area contributed by atoms with Crippen LogP contribution in [0.3, 0.4) is 0 Å². The number of methoxy groups -OCH3 is 1. The number of aryl methyl sites for hydroxylation is 1. The highest BCUT2D eigenvalue weighted by molar-refractivity contribution is 5.98. The summed E-state index contributed by atoms with van der Waals surface area (Å²) in [6.07, 6.45) is 3.29. The third-order valence-electron chi connectivity index (χ3n) is 3.54. The van der Waals surface area contributed by atoms with Crippen LogP contribution in [-0.2, 0) is 23.0 Å². The standard InChI is InChI=1S/C18H21N3O4/c1-4-10-25-17-14(12-19-21(17)2)16(22)20-15(18(23)24-3)11-13-8-6-5-7-9-13/h4-9,12,15H,1,10-11H2,2-3H3,(H,20,22)/t15-/m0/s1. The number of carbonyl (C=O) groups is 2. The Hall–Kier alpha value is -3.09. The van der Waals surface area contributed by atoms with E-state index in [-0.39, 0.29) is 12.2 Å². The van der Waals surface area contributed by atoms with Crippen molar-refractivity contribution in [3.63, 3.8) is 0 Å². The summed E-state index contributed by atoms with van der Waals surface area (Å²) in [7, 11) is 2.95. The Labute approximate surface area is 146 Å². The van der Waals surface area contributed by atoms with Crippen LogP contribution >= 0.6 is 0 Å². The average Bonchev–Trinajstić information content (AvgIpc) is 3.00. The van der Waals surface area contributed by atoms with Gasteiger partial charge in [0.1, 0.15) is 18.2 Å². The predicted octanol–water partition coefficient (Wildman–Crippen LogP) is 1.50. The first-order valence-electron chi connectivity index (χ1n) is 7.75. The van der Waals surface area contributed by atoms with Gasteiger partial charge >= 0.3 is 5.97 Å². The topological polar surface area (TPSA) is 82.4 Å². The fourth-order valence-corrected chi connectivity index (χ4v) is 2.31. The number of hydrogen-bond acceptors (Lipinski definition) is 5. The molecule has 0 aliphatic rings. The number of ether oxygens (including phenoxy) is 2. The van der Waals surface area contributed by atoms with E-state index in [1.54, 1.807) is 13.1 Å². The van der Waals surface area contributed by atoms with Crippen molar-refractivity contribution in [2.45, 2.75) is 12.5 Å². The van der Waals surface area contributed by atoms with Gasteiger partial charge in [-0.25, -0.2) is 9.48 Å². The normalized spacial score (nSPS) is 11.4. The van der Waals surface area contributed by atoms with E-state index >= 15 is 0 Å². The van der Waals surface area contributed by atoms with Crippen LogP contribution < -0.4 is 10.1 Å². The Balaban J connectivity index is 2.17. The van der Waals surface area contributed by atoms with Crippen molar-refractivity contribution in [3.05, 3.63) is 60.3 Å². The van der Waals surface area contributed by atoms with Gasteiger partial charge in [0, 0.05) is 13.5 Å². The van der Waals surface area contributed by atoms with E-state index in [9.17, 15) is 9.59 Å². The number of esters is 1. The summed E-state index contributed by atoms with van der Waals surface area (Å²) in [6.45, 7) is 3.82. The van der Waals surface area contributed by atoms with E-state index in [0.717, 1.165) is 5.56 Å². The van der Waals surface area contributed by atoms with E-state index in [1.807, 2.05) is 30.3 Å². The monoisotopic (exact) mass is 343 g/mol. The number of carbonyl (C=O) groups excluding carboxylic acids is 2. The van der Waals surface area contributed by atoms with Crippen LogP contribution in [0, 0.1) is 0 Å². The molecule has 1 amide bonds. The summed E-state index contributed by atoms with van der Waals surface area (Å²) in [5, 5.41) is 6.72. The minimum absolute atomic E-state index is 0.240. The van der Waals surface area contributed by atoms with E-state index in [1.165, 1.54) is 18.0 Å². The Morgan fingerprint density at radius 3 is 2.72 bits per heavy atom. The molecular weight excluding hydrogens is 322 g/mol. The maximum atomic E-state index is 12.6. The molecule has 0 saturated heterocycles. The van der Waals surface area contributed by atoms with Gasteiger partial charge in [-0.15, -0.1) is 0 Å². The number of aromatic nitrogens is 2. The highest BCUT2D eigenvalue weighted by Crippen LogP contribution is 2.17. The SMILES string of the molecule is C=CCOc1c(C(=O)N[C@@H](Cc2ccccc2)C(=O)OC)cnn1C. The van der Waals surface area contributed by atoms with Gasteiger partial charge in [-0.3, -0.25) is 4.79 Å². The molecule has 7 nitrogen and oxygen atoms in total. The number of amides is 1. The van der Waals surface area contributed by atoms with Crippen LogP contribution in [0.2, 0.25) is 0 Å². The number of nitrogens with zero attached hydrogens (tertiary/aromatic N) is 2. The second kappa shape index (κ2) is 8.68. The smallest absolute Gasteiger partial charge is 0.328 e. The van der Waals surface area contributed by atoms with Crippen LogP contribution in [0.1, 0.15) is 15.9 Å². The van der Waals surface area contributed by atoms with E-state index in [0.29, 0.717) is 12.3 Å². The molecule has 0 saturated carbocycles. The Bertz CT molecular complexity index is 740. The molecule has 1 aromatic heterocycles.